The molecule has 0 radical (unpaired) electrons. The molecule has 1 aromatic carbocycles. The lowest BCUT2D eigenvalue weighted by Gasteiger charge is -2.19. The monoisotopic (exact) mass is 291 g/mol. The predicted octanol–water partition coefficient (Wildman–Crippen LogP) is 2.80. The highest BCUT2D eigenvalue weighted by Crippen LogP contribution is 2.34. The molecule has 3 rings (SSSR count). The van der Waals surface area contributed by atoms with Gasteiger partial charge < -0.3 is 14.5 Å². The van der Waals surface area contributed by atoms with Gasteiger partial charge in [0, 0.05) is 5.56 Å². The van der Waals surface area contributed by atoms with Crippen LogP contribution in [0.5, 0.6) is 5.75 Å². The third kappa shape index (κ3) is 2.16. The minimum absolute atomic E-state index is 0.0763. The van der Waals surface area contributed by atoms with Gasteiger partial charge in [0.25, 0.3) is 5.91 Å². The molecule has 0 saturated heterocycles. The van der Waals surface area contributed by atoms with E-state index in [0.29, 0.717) is 28.3 Å². The maximum absolute atomic E-state index is 12.3. The highest BCUT2D eigenvalue weighted by Gasteiger charge is 2.22. The number of carbonyl (C=O) groups excluding carboxylic acids is 2. The Kier molecular flexibility index (Phi) is 2.99. The molecule has 1 aliphatic heterocycles. The van der Waals surface area contributed by atoms with E-state index in [9.17, 15) is 9.59 Å². The van der Waals surface area contributed by atoms with Gasteiger partial charge in [0.15, 0.2) is 12.4 Å². The number of carbonyl (C=O) groups is 2. The zero-order chi connectivity index (χ0) is 14.3. The van der Waals surface area contributed by atoms with Gasteiger partial charge in [-0.2, -0.15) is 0 Å². The van der Waals surface area contributed by atoms with Crippen LogP contribution in [0, 0.1) is 6.92 Å². The Morgan fingerprint density at radius 3 is 2.85 bits per heavy atom. The Hall–Kier alpha value is -2.27. The van der Waals surface area contributed by atoms with Crippen molar-refractivity contribution in [2.24, 2.45) is 0 Å². The summed E-state index contributed by atoms with van der Waals surface area (Å²) in [6, 6.07) is 4.68. The number of nitrogens with one attached hydrogen (secondary N) is 1. The van der Waals surface area contributed by atoms with Crippen molar-refractivity contribution >= 4 is 29.0 Å². The number of hydrogen-bond donors (Lipinski definition) is 1. The van der Waals surface area contributed by atoms with Crippen molar-refractivity contribution in [3.63, 3.8) is 0 Å². The van der Waals surface area contributed by atoms with Crippen molar-refractivity contribution in [1.82, 2.24) is 0 Å². The van der Waals surface area contributed by atoms with Gasteiger partial charge in [-0.05, 0) is 25.1 Å². The second-order valence-electron chi connectivity index (χ2n) is 4.44. The zero-order valence-electron chi connectivity index (χ0n) is 10.5. The summed E-state index contributed by atoms with van der Waals surface area (Å²) in [6.45, 7) is 1.68. The number of amides is 1. The molecule has 102 valence electrons. The third-order valence-electron chi connectivity index (χ3n) is 2.94. The van der Waals surface area contributed by atoms with Crippen LogP contribution in [-0.4, -0.2) is 18.3 Å². The fourth-order valence-corrected chi connectivity index (χ4v) is 2.24. The second kappa shape index (κ2) is 4.68. The van der Waals surface area contributed by atoms with E-state index in [1.54, 1.807) is 13.0 Å². The first-order chi connectivity index (χ1) is 9.54. The smallest absolute Gasteiger partial charge is 0.262 e. The molecule has 1 aromatic heterocycles. The average Bonchev–Trinajstić information content (AvgIpc) is 2.84. The summed E-state index contributed by atoms with van der Waals surface area (Å²) in [7, 11) is 0. The fourth-order valence-electron chi connectivity index (χ4n) is 1.99. The standard InChI is InChI=1S/C14H10ClNO4/c1-7-2-8(5-19-7)14(18)9-3-12-11(4-10(9)15)16-13(17)6-20-12/h2-5H,6H2,1H3,(H,16,17). The Bertz CT molecular complexity index is 720. The molecule has 2 heterocycles. The van der Waals surface area contributed by atoms with Crippen LogP contribution >= 0.6 is 11.6 Å². The molecule has 5 nitrogen and oxygen atoms in total. The largest absolute Gasteiger partial charge is 0.482 e. The minimum Gasteiger partial charge on any atom is -0.482 e. The van der Waals surface area contributed by atoms with Crippen molar-refractivity contribution in [2.45, 2.75) is 6.92 Å². The average molecular weight is 292 g/mol. The summed E-state index contributed by atoms with van der Waals surface area (Å²) < 4.78 is 10.4. The van der Waals surface area contributed by atoms with Crippen LogP contribution in [0.4, 0.5) is 5.69 Å². The van der Waals surface area contributed by atoms with Crippen molar-refractivity contribution in [2.75, 3.05) is 11.9 Å². The SMILES string of the molecule is Cc1cc(C(=O)c2cc3c(cc2Cl)NC(=O)CO3)co1. The predicted molar refractivity (Wildman–Crippen MR) is 72.5 cm³/mol. The lowest BCUT2D eigenvalue weighted by molar-refractivity contribution is -0.118. The molecule has 0 atom stereocenters. The number of benzene rings is 1. The summed E-state index contributed by atoms with van der Waals surface area (Å²) in [5, 5.41) is 2.88. The highest BCUT2D eigenvalue weighted by atomic mass is 35.5. The van der Waals surface area contributed by atoms with E-state index in [0.717, 1.165) is 0 Å². The molecule has 0 bridgehead atoms. The number of fused-ring (bicyclic) bond motifs is 1. The van der Waals surface area contributed by atoms with Gasteiger partial charge in [-0.15, -0.1) is 0 Å². The number of aryl methyl sites for hydroxylation is 1. The molecule has 0 aliphatic carbocycles. The molecule has 20 heavy (non-hydrogen) atoms. The molecule has 2 aromatic rings. The molecule has 0 fully saturated rings. The van der Waals surface area contributed by atoms with Crippen molar-refractivity contribution < 1.29 is 18.7 Å². The minimum atomic E-state index is -0.254. The molecule has 1 amide bonds. The number of ketones is 1. The Labute approximate surface area is 119 Å². The number of halogens is 1. The van der Waals surface area contributed by atoms with Crippen molar-refractivity contribution in [1.29, 1.82) is 0 Å². The molecular weight excluding hydrogens is 282 g/mol. The number of rotatable bonds is 2. The van der Waals surface area contributed by atoms with E-state index in [2.05, 4.69) is 5.32 Å². The fraction of sp³-hybridized carbons (Fsp3) is 0.143. The molecular formula is C14H10ClNO4. The van der Waals surface area contributed by atoms with Gasteiger partial charge in [-0.1, -0.05) is 11.6 Å². The lowest BCUT2D eigenvalue weighted by Crippen LogP contribution is -2.25. The topological polar surface area (TPSA) is 68.5 Å². The Morgan fingerprint density at radius 2 is 2.15 bits per heavy atom. The quantitative estimate of drug-likeness (QED) is 0.864. The van der Waals surface area contributed by atoms with Gasteiger partial charge >= 0.3 is 0 Å². The van der Waals surface area contributed by atoms with Crippen LogP contribution in [0.15, 0.2) is 28.9 Å². The van der Waals surface area contributed by atoms with E-state index in [1.807, 2.05) is 0 Å². The van der Waals surface area contributed by atoms with Gasteiger partial charge in [0.1, 0.15) is 17.8 Å². The van der Waals surface area contributed by atoms with Gasteiger partial charge in [0.05, 0.1) is 16.3 Å². The normalized spacial score (nSPS) is 13.4. The highest BCUT2D eigenvalue weighted by molar-refractivity contribution is 6.35. The van der Waals surface area contributed by atoms with E-state index >= 15 is 0 Å². The van der Waals surface area contributed by atoms with E-state index in [1.165, 1.54) is 18.4 Å². The summed E-state index contributed by atoms with van der Waals surface area (Å²) in [4.78, 5) is 23.6. The van der Waals surface area contributed by atoms with E-state index in [-0.39, 0.29) is 23.3 Å². The van der Waals surface area contributed by atoms with E-state index < -0.39 is 0 Å². The second-order valence-corrected chi connectivity index (χ2v) is 4.85. The zero-order valence-corrected chi connectivity index (χ0v) is 11.3. The van der Waals surface area contributed by atoms with Crippen LogP contribution in [0.2, 0.25) is 5.02 Å². The number of furan rings is 1. The number of hydrogen-bond acceptors (Lipinski definition) is 4. The Morgan fingerprint density at radius 1 is 1.35 bits per heavy atom. The molecule has 1 N–H and O–H groups in total. The summed E-state index contributed by atoms with van der Waals surface area (Å²) >= 11 is 6.10. The van der Waals surface area contributed by atoms with Crippen LogP contribution in [0.3, 0.4) is 0 Å². The first-order valence-corrected chi connectivity index (χ1v) is 6.28. The van der Waals surface area contributed by atoms with E-state index in [4.69, 9.17) is 20.8 Å². The summed E-state index contributed by atoms with van der Waals surface area (Å²) in [5.41, 5.74) is 1.19. The van der Waals surface area contributed by atoms with Gasteiger partial charge in [0.2, 0.25) is 0 Å². The van der Waals surface area contributed by atoms with Gasteiger partial charge in [-0.3, -0.25) is 9.59 Å². The van der Waals surface area contributed by atoms with Gasteiger partial charge in [-0.25, -0.2) is 0 Å². The maximum atomic E-state index is 12.3. The number of ether oxygens (including phenoxy) is 1. The summed E-state index contributed by atoms with van der Waals surface area (Å²) in [5.74, 6) is 0.566. The van der Waals surface area contributed by atoms with Crippen LogP contribution in [0.1, 0.15) is 21.7 Å². The summed E-state index contributed by atoms with van der Waals surface area (Å²) in [6.07, 6.45) is 1.38. The molecule has 0 unspecified atom stereocenters. The van der Waals surface area contributed by atoms with Crippen LogP contribution in [0.25, 0.3) is 0 Å². The maximum Gasteiger partial charge on any atom is 0.262 e. The number of anilines is 1. The van der Waals surface area contributed by atoms with Crippen LogP contribution in [-0.2, 0) is 4.79 Å². The first kappa shape index (κ1) is 12.7. The third-order valence-corrected chi connectivity index (χ3v) is 3.25. The Balaban J connectivity index is 2.02. The van der Waals surface area contributed by atoms with Crippen molar-refractivity contribution in [3.8, 4) is 5.75 Å². The first-order valence-electron chi connectivity index (χ1n) is 5.90. The van der Waals surface area contributed by atoms with Crippen LogP contribution < -0.4 is 10.1 Å². The molecule has 0 saturated carbocycles. The lowest BCUT2D eigenvalue weighted by atomic mass is 10.0. The van der Waals surface area contributed by atoms with Crippen molar-refractivity contribution in [3.05, 3.63) is 46.4 Å². The molecule has 0 spiro atoms. The molecule has 1 aliphatic rings. The molecule has 6 heteroatoms.